The number of hydrogen-bond acceptors (Lipinski definition) is 5. The fourth-order valence-corrected chi connectivity index (χ4v) is 3.16. The number of aromatic nitrogens is 1. The van der Waals surface area contributed by atoms with E-state index in [0.717, 1.165) is 12.8 Å². The third kappa shape index (κ3) is 3.82. The number of ether oxygens (including phenoxy) is 2. The summed E-state index contributed by atoms with van der Waals surface area (Å²) in [5, 5.41) is 2.86. The van der Waals surface area contributed by atoms with Crippen LogP contribution in [0.2, 0.25) is 0 Å². The summed E-state index contributed by atoms with van der Waals surface area (Å²) < 4.78 is 11.7. The fourth-order valence-electron chi connectivity index (χ4n) is 3.16. The van der Waals surface area contributed by atoms with Gasteiger partial charge in [-0.2, -0.15) is 0 Å². The number of nitrogens with zero attached hydrogens (tertiary/aromatic N) is 2. The molecule has 2 atom stereocenters. The number of pyridine rings is 1. The predicted octanol–water partition coefficient (Wildman–Crippen LogP) is 0.140. The summed E-state index contributed by atoms with van der Waals surface area (Å²) >= 11 is 0. The minimum atomic E-state index is -0.533. The molecule has 130 valence electrons. The van der Waals surface area contributed by atoms with Gasteiger partial charge in [0.15, 0.2) is 0 Å². The predicted molar refractivity (Wildman–Crippen MR) is 85.4 cm³/mol. The molecule has 0 unspecified atom stereocenters. The molecule has 0 aromatic carbocycles. The lowest BCUT2D eigenvalue weighted by atomic mass is 10.0. The van der Waals surface area contributed by atoms with Gasteiger partial charge in [-0.15, -0.1) is 0 Å². The number of primary amides is 1. The highest BCUT2D eigenvalue weighted by molar-refractivity contribution is 5.93. The number of hydrogen-bond donors (Lipinski definition) is 2. The molecule has 0 bridgehead atoms. The van der Waals surface area contributed by atoms with Crippen LogP contribution in [0.15, 0.2) is 24.5 Å². The van der Waals surface area contributed by atoms with Crippen LogP contribution in [-0.4, -0.2) is 66.4 Å². The number of carbonyl (C=O) groups excluding carboxylic acids is 2. The van der Waals surface area contributed by atoms with Crippen LogP contribution >= 0.6 is 0 Å². The largest absolute Gasteiger partial charge is 0.377 e. The highest BCUT2D eigenvalue weighted by Gasteiger charge is 2.43. The molecule has 0 radical (unpaired) electrons. The second-order valence-electron chi connectivity index (χ2n) is 6.23. The minimum Gasteiger partial charge on any atom is -0.377 e. The molecule has 24 heavy (non-hydrogen) atoms. The number of amides is 3. The molecule has 3 heterocycles. The first kappa shape index (κ1) is 16.7. The standard InChI is InChI=1S/C16H22N4O4/c17-15(22)20-6-7-23-11-16(10-20)4-3-13(24-16)9-19-14(21)12-2-1-5-18-8-12/h1-2,5,8,13H,3-4,6-7,9-11H2,(H2,17,22)(H,19,21)/t13-,16+/m1/s1. The maximum Gasteiger partial charge on any atom is 0.314 e. The Labute approximate surface area is 140 Å². The number of carbonyl (C=O) groups is 2. The molecule has 2 aliphatic heterocycles. The van der Waals surface area contributed by atoms with Gasteiger partial charge >= 0.3 is 6.03 Å². The SMILES string of the molecule is NC(=O)N1CCOC[C@]2(CC[C@H](CNC(=O)c3cccnc3)O2)C1. The van der Waals surface area contributed by atoms with Crippen molar-refractivity contribution < 1.29 is 19.1 Å². The molecule has 1 aromatic rings. The summed E-state index contributed by atoms with van der Waals surface area (Å²) in [4.78, 5) is 29.0. The van der Waals surface area contributed by atoms with Crippen molar-refractivity contribution in [3.8, 4) is 0 Å². The Morgan fingerprint density at radius 1 is 1.50 bits per heavy atom. The Bertz CT molecular complexity index is 597. The third-order valence-electron chi connectivity index (χ3n) is 4.41. The molecule has 0 aliphatic carbocycles. The fraction of sp³-hybridized carbons (Fsp3) is 0.562. The molecule has 0 saturated carbocycles. The highest BCUT2D eigenvalue weighted by Crippen LogP contribution is 2.32. The van der Waals surface area contributed by atoms with Gasteiger partial charge in [-0.25, -0.2) is 4.79 Å². The second kappa shape index (κ2) is 7.14. The van der Waals surface area contributed by atoms with Crippen molar-refractivity contribution in [1.82, 2.24) is 15.2 Å². The molecule has 3 rings (SSSR count). The molecule has 3 N–H and O–H groups in total. The van der Waals surface area contributed by atoms with E-state index in [1.807, 2.05) is 0 Å². The molecule has 3 amide bonds. The van der Waals surface area contributed by atoms with Gasteiger partial charge in [0.05, 0.1) is 31.4 Å². The Balaban J connectivity index is 1.55. The topological polar surface area (TPSA) is 107 Å². The van der Waals surface area contributed by atoms with E-state index < -0.39 is 11.6 Å². The van der Waals surface area contributed by atoms with Crippen molar-refractivity contribution >= 4 is 11.9 Å². The molecular formula is C16H22N4O4. The summed E-state index contributed by atoms with van der Waals surface area (Å²) in [6.45, 7) is 2.20. The van der Waals surface area contributed by atoms with Crippen molar-refractivity contribution in [2.75, 3.05) is 32.8 Å². The van der Waals surface area contributed by atoms with Gasteiger partial charge in [-0.1, -0.05) is 0 Å². The second-order valence-corrected chi connectivity index (χ2v) is 6.23. The third-order valence-corrected chi connectivity index (χ3v) is 4.41. The van der Waals surface area contributed by atoms with E-state index >= 15 is 0 Å². The first-order chi connectivity index (χ1) is 11.6. The molecule has 8 heteroatoms. The molecule has 1 aromatic heterocycles. The monoisotopic (exact) mass is 334 g/mol. The van der Waals surface area contributed by atoms with Crippen LogP contribution in [0.25, 0.3) is 0 Å². The van der Waals surface area contributed by atoms with Gasteiger partial charge in [-0.05, 0) is 25.0 Å². The van der Waals surface area contributed by atoms with Gasteiger partial charge in [0, 0.05) is 25.5 Å². The van der Waals surface area contributed by atoms with Crippen LogP contribution in [0.5, 0.6) is 0 Å². The average Bonchev–Trinajstić information content (AvgIpc) is 2.86. The van der Waals surface area contributed by atoms with Crippen molar-refractivity contribution in [3.63, 3.8) is 0 Å². The molecule has 2 fully saturated rings. The van der Waals surface area contributed by atoms with Crippen LogP contribution in [-0.2, 0) is 9.47 Å². The zero-order chi connectivity index (χ0) is 17.0. The Hall–Kier alpha value is -2.19. The summed E-state index contributed by atoms with van der Waals surface area (Å²) in [6.07, 6.45) is 4.60. The van der Waals surface area contributed by atoms with Crippen molar-refractivity contribution in [3.05, 3.63) is 30.1 Å². The van der Waals surface area contributed by atoms with Crippen molar-refractivity contribution in [1.29, 1.82) is 0 Å². The number of nitrogens with two attached hydrogens (primary N) is 1. The lowest BCUT2D eigenvalue weighted by Gasteiger charge is -2.31. The number of urea groups is 1. The first-order valence-electron chi connectivity index (χ1n) is 8.06. The van der Waals surface area contributed by atoms with Gasteiger partial charge in [-0.3, -0.25) is 9.78 Å². The smallest absolute Gasteiger partial charge is 0.314 e. The zero-order valence-electron chi connectivity index (χ0n) is 13.4. The lowest BCUT2D eigenvalue weighted by molar-refractivity contribution is -0.0817. The maximum absolute atomic E-state index is 12.1. The maximum atomic E-state index is 12.1. The van der Waals surface area contributed by atoms with E-state index in [-0.39, 0.29) is 12.0 Å². The lowest BCUT2D eigenvalue weighted by Crippen LogP contribution is -2.48. The van der Waals surface area contributed by atoms with Gasteiger partial charge in [0.1, 0.15) is 5.60 Å². The van der Waals surface area contributed by atoms with Gasteiger partial charge in [0.25, 0.3) is 5.91 Å². The van der Waals surface area contributed by atoms with Crippen molar-refractivity contribution in [2.45, 2.75) is 24.5 Å². The molecular weight excluding hydrogens is 312 g/mol. The summed E-state index contributed by atoms with van der Waals surface area (Å²) in [6, 6.07) is 2.97. The molecule has 1 spiro atoms. The summed E-state index contributed by atoms with van der Waals surface area (Å²) in [5.74, 6) is -0.177. The van der Waals surface area contributed by atoms with E-state index in [0.29, 0.717) is 38.4 Å². The Morgan fingerprint density at radius 3 is 3.12 bits per heavy atom. The minimum absolute atomic E-state index is 0.109. The van der Waals surface area contributed by atoms with E-state index in [9.17, 15) is 9.59 Å². The van der Waals surface area contributed by atoms with Gasteiger partial charge in [0.2, 0.25) is 0 Å². The van der Waals surface area contributed by atoms with Crippen LogP contribution < -0.4 is 11.1 Å². The van der Waals surface area contributed by atoms with E-state index in [4.69, 9.17) is 15.2 Å². The van der Waals surface area contributed by atoms with E-state index in [2.05, 4.69) is 10.3 Å². The first-order valence-corrected chi connectivity index (χ1v) is 8.06. The number of nitrogens with one attached hydrogen (secondary N) is 1. The van der Waals surface area contributed by atoms with E-state index in [1.54, 1.807) is 23.2 Å². The molecule has 2 saturated heterocycles. The van der Waals surface area contributed by atoms with Crippen LogP contribution in [0.4, 0.5) is 4.79 Å². The Morgan fingerprint density at radius 2 is 2.38 bits per heavy atom. The van der Waals surface area contributed by atoms with Crippen LogP contribution in [0.1, 0.15) is 23.2 Å². The number of rotatable bonds is 3. The van der Waals surface area contributed by atoms with E-state index in [1.165, 1.54) is 6.20 Å². The quantitative estimate of drug-likeness (QED) is 0.818. The van der Waals surface area contributed by atoms with Crippen molar-refractivity contribution in [2.24, 2.45) is 5.73 Å². The Kier molecular flexibility index (Phi) is 4.96. The molecule has 8 nitrogen and oxygen atoms in total. The van der Waals surface area contributed by atoms with Gasteiger partial charge < -0.3 is 25.4 Å². The molecule has 2 aliphatic rings. The van der Waals surface area contributed by atoms with Crippen LogP contribution in [0.3, 0.4) is 0 Å². The zero-order valence-corrected chi connectivity index (χ0v) is 13.4. The normalized spacial score (nSPS) is 27.0. The summed E-state index contributed by atoms with van der Waals surface area (Å²) in [5.41, 5.74) is 5.38. The summed E-state index contributed by atoms with van der Waals surface area (Å²) in [7, 11) is 0. The van der Waals surface area contributed by atoms with Crippen LogP contribution in [0, 0.1) is 0 Å². The highest BCUT2D eigenvalue weighted by atomic mass is 16.6. The average molecular weight is 334 g/mol.